The third-order valence-corrected chi connectivity index (χ3v) is 7.22. The minimum absolute atomic E-state index is 0.00716. The van der Waals surface area contributed by atoms with Crippen molar-refractivity contribution in [2.75, 3.05) is 29.5 Å². The maximum Gasteiger partial charge on any atom is 0.418 e. The van der Waals surface area contributed by atoms with E-state index < -0.39 is 45.4 Å². The maximum absolute atomic E-state index is 14.8. The Hall–Kier alpha value is -2.40. The van der Waals surface area contributed by atoms with Crippen LogP contribution in [0.25, 0.3) is 0 Å². The molecule has 12 heteroatoms. The summed E-state index contributed by atoms with van der Waals surface area (Å²) in [6.07, 6.45) is -1.84. The monoisotopic (exact) mass is 490 g/mol. The van der Waals surface area contributed by atoms with E-state index in [1.165, 1.54) is 24.8 Å². The highest BCUT2D eigenvalue weighted by Crippen LogP contribution is 2.33. The lowest BCUT2D eigenvalue weighted by Gasteiger charge is -2.23. The van der Waals surface area contributed by atoms with E-state index in [1.807, 2.05) is 0 Å². The number of ether oxygens (including phenoxy) is 2. The van der Waals surface area contributed by atoms with Crippen LogP contribution in [0.15, 0.2) is 18.2 Å². The van der Waals surface area contributed by atoms with Gasteiger partial charge in [-0.2, -0.15) is 0 Å². The van der Waals surface area contributed by atoms with Gasteiger partial charge in [-0.25, -0.2) is 27.3 Å². The van der Waals surface area contributed by atoms with E-state index in [-0.39, 0.29) is 36.2 Å². The zero-order chi connectivity index (χ0) is 23.6. The van der Waals surface area contributed by atoms with Crippen LogP contribution < -0.4 is 4.90 Å². The molecule has 0 bridgehead atoms. The molecule has 1 aromatic carbocycles. The number of hydrogen-bond donors (Lipinski definition) is 0. The number of hydrogen-bond acceptors (Lipinski definition) is 7. The van der Waals surface area contributed by atoms with E-state index >= 15 is 0 Å². The van der Waals surface area contributed by atoms with E-state index in [4.69, 9.17) is 21.1 Å². The molecule has 2 saturated heterocycles. The molecule has 0 N–H and O–H groups in total. The molecule has 0 aromatic heterocycles. The molecule has 2 atom stereocenters. The first-order valence-electron chi connectivity index (χ1n) is 10.1. The molecule has 3 amide bonds. The molecular formula is C20H24ClFN2O7S. The predicted molar refractivity (Wildman–Crippen MR) is 114 cm³/mol. The lowest BCUT2D eigenvalue weighted by atomic mass is 9.93. The largest absolute Gasteiger partial charge is 0.442 e. The number of carbonyl (C=O) groups is 3. The van der Waals surface area contributed by atoms with E-state index in [0.717, 1.165) is 4.90 Å². The summed E-state index contributed by atoms with van der Waals surface area (Å²) in [5.41, 5.74) is -0.278. The quantitative estimate of drug-likeness (QED) is 0.583. The molecule has 0 saturated carbocycles. The van der Waals surface area contributed by atoms with Gasteiger partial charge in [0.05, 0.1) is 30.3 Å². The predicted octanol–water partition coefficient (Wildman–Crippen LogP) is 3.01. The topological polar surface area (TPSA) is 110 Å². The Balaban J connectivity index is 1.68. The lowest BCUT2D eigenvalue weighted by molar-refractivity contribution is -0.128. The number of nitrogens with zero attached hydrogens (tertiary/aromatic N) is 2. The maximum atomic E-state index is 14.8. The van der Waals surface area contributed by atoms with Crippen LogP contribution in [-0.4, -0.2) is 67.7 Å². The Kier molecular flexibility index (Phi) is 7.29. The Morgan fingerprint density at radius 1 is 1.34 bits per heavy atom. The van der Waals surface area contributed by atoms with Crippen molar-refractivity contribution >= 4 is 45.2 Å². The number of halogens is 2. The summed E-state index contributed by atoms with van der Waals surface area (Å²) < 4.78 is 48.1. The van der Waals surface area contributed by atoms with Crippen molar-refractivity contribution in [2.24, 2.45) is 0 Å². The second-order valence-electron chi connectivity index (χ2n) is 7.80. The third-order valence-electron chi connectivity index (χ3n) is 5.41. The highest BCUT2D eigenvalue weighted by Gasteiger charge is 2.36. The molecule has 1 aromatic rings. The van der Waals surface area contributed by atoms with Crippen LogP contribution in [0.2, 0.25) is 0 Å². The number of anilines is 1. The average molecular weight is 491 g/mol. The molecule has 0 spiro atoms. The van der Waals surface area contributed by atoms with E-state index in [0.29, 0.717) is 18.4 Å². The molecule has 3 rings (SSSR count). The molecule has 176 valence electrons. The molecule has 2 aliphatic rings. The van der Waals surface area contributed by atoms with Crippen molar-refractivity contribution in [2.45, 2.75) is 44.3 Å². The van der Waals surface area contributed by atoms with Gasteiger partial charge in [-0.1, -0.05) is 17.7 Å². The third kappa shape index (κ3) is 5.69. The minimum atomic E-state index is -3.06. The summed E-state index contributed by atoms with van der Waals surface area (Å²) in [6, 6.07) is 4.32. The first-order chi connectivity index (χ1) is 15.0. The van der Waals surface area contributed by atoms with E-state index in [2.05, 4.69) is 0 Å². The zero-order valence-corrected chi connectivity index (χ0v) is 19.2. The first kappa shape index (κ1) is 24.2. The SMILES string of the molecule is CC(=O)N(C[C@H]1CN(c2ccc(C3CCS(=O)(=O)CC3)c(F)c2)C(=O)O1)C(=O)O[C@@H](C)Cl. The molecule has 2 aliphatic heterocycles. The summed E-state index contributed by atoms with van der Waals surface area (Å²) >= 11 is 5.62. The number of cyclic esters (lactones) is 1. The van der Waals surface area contributed by atoms with Gasteiger partial charge < -0.3 is 9.47 Å². The molecule has 2 fully saturated rings. The van der Waals surface area contributed by atoms with Crippen LogP contribution in [0.1, 0.15) is 38.2 Å². The van der Waals surface area contributed by atoms with Crippen molar-refractivity contribution in [1.82, 2.24) is 4.90 Å². The van der Waals surface area contributed by atoms with Gasteiger partial charge in [-0.3, -0.25) is 9.69 Å². The summed E-state index contributed by atoms with van der Waals surface area (Å²) in [5, 5.41) is 0. The highest BCUT2D eigenvalue weighted by atomic mass is 35.5. The molecule has 0 aliphatic carbocycles. The lowest BCUT2D eigenvalue weighted by Crippen LogP contribution is -2.42. The van der Waals surface area contributed by atoms with Crippen LogP contribution in [-0.2, 0) is 24.1 Å². The first-order valence-corrected chi connectivity index (χ1v) is 12.3. The number of alkyl halides is 1. The van der Waals surface area contributed by atoms with Gasteiger partial charge in [-0.15, -0.1) is 0 Å². The van der Waals surface area contributed by atoms with Crippen molar-refractivity contribution in [3.05, 3.63) is 29.6 Å². The van der Waals surface area contributed by atoms with E-state index in [1.54, 1.807) is 12.1 Å². The normalized spacial score (nSPS) is 21.7. The molecule has 2 heterocycles. The van der Waals surface area contributed by atoms with Gasteiger partial charge in [-0.05, 0) is 43.4 Å². The van der Waals surface area contributed by atoms with Crippen LogP contribution in [0, 0.1) is 5.82 Å². The number of carbonyl (C=O) groups excluding carboxylic acids is 3. The fraction of sp³-hybridized carbons (Fsp3) is 0.550. The van der Waals surface area contributed by atoms with Gasteiger partial charge in [0, 0.05) is 6.92 Å². The number of benzene rings is 1. The van der Waals surface area contributed by atoms with Gasteiger partial charge in [0.2, 0.25) is 5.91 Å². The Labute approximate surface area is 190 Å². The number of rotatable bonds is 5. The summed E-state index contributed by atoms with van der Waals surface area (Å²) in [6.45, 7) is 2.34. The summed E-state index contributed by atoms with van der Waals surface area (Å²) in [7, 11) is -3.06. The van der Waals surface area contributed by atoms with Gasteiger partial charge in [0.15, 0.2) is 5.56 Å². The second kappa shape index (κ2) is 9.62. The Bertz CT molecular complexity index is 1000. The zero-order valence-electron chi connectivity index (χ0n) is 17.6. The minimum Gasteiger partial charge on any atom is -0.442 e. The molecule has 9 nitrogen and oxygen atoms in total. The second-order valence-corrected chi connectivity index (χ2v) is 10.7. The van der Waals surface area contributed by atoms with Gasteiger partial charge in [0.1, 0.15) is 21.8 Å². The number of sulfone groups is 1. The highest BCUT2D eigenvalue weighted by molar-refractivity contribution is 7.91. The molecular weight excluding hydrogens is 467 g/mol. The molecule has 0 unspecified atom stereocenters. The molecule has 0 radical (unpaired) electrons. The van der Waals surface area contributed by atoms with Crippen molar-refractivity contribution in [1.29, 1.82) is 0 Å². The van der Waals surface area contributed by atoms with Crippen LogP contribution >= 0.6 is 11.6 Å². The molecule has 32 heavy (non-hydrogen) atoms. The van der Waals surface area contributed by atoms with Crippen molar-refractivity contribution < 1.29 is 36.7 Å². The van der Waals surface area contributed by atoms with Crippen LogP contribution in [0.4, 0.5) is 19.7 Å². The van der Waals surface area contributed by atoms with Crippen molar-refractivity contribution in [3.8, 4) is 0 Å². The number of amides is 3. The summed E-state index contributed by atoms with van der Waals surface area (Å²) in [5.74, 6) is -1.29. The standard InChI is InChI=1S/C20H24ClFN2O7S/c1-12(21)30-19(26)23(13(2)25)10-16-11-24(20(27)31-16)15-3-4-17(18(22)9-15)14-5-7-32(28,29)8-6-14/h3-4,9,12,14,16H,5-8,10-11H2,1-2H3/t12-,16-/m0/s1. The average Bonchev–Trinajstić information content (AvgIpc) is 3.06. The smallest absolute Gasteiger partial charge is 0.418 e. The fourth-order valence-corrected chi connectivity index (χ4v) is 5.35. The Morgan fingerprint density at radius 3 is 2.56 bits per heavy atom. The van der Waals surface area contributed by atoms with Crippen LogP contribution in [0.3, 0.4) is 0 Å². The number of imide groups is 1. The Morgan fingerprint density at radius 2 is 2.00 bits per heavy atom. The van der Waals surface area contributed by atoms with Crippen molar-refractivity contribution in [3.63, 3.8) is 0 Å². The fourth-order valence-electron chi connectivity index (χ4n) is 3.78. The summed E-state index contributed by atoms with van der Waals surface area (Å²) in [4.78, 5) is 38.2. The van der Waals surface area contributed by atoms with E-state index in [9.17, 15) is 27.2 Å². The van der Waals surface area contributed by atoms with Gasteiger partial charge in [0.25, 0.3) is 0 Å². The van der Waals surface area contributed by atoms with Gasteiger partial charge >= 0.3 is 12.2 Å². The van der Waals surface area contributed by atoms with Crippen LogP contribution in [0.5, 0.6) is 0 Å².